The van der Waals surface area contributed by atoms with E-state index < -0.39 is 0 Å². The molecule has 0 aliphatic rings. The molecule has 80 valence electrons. The molecule has 0 fully saturated rings. The van der Waals surface area contributed by atoms with Gasteiger partial charge >= 0.3 is 0 Å². The zero-order valence-electron chi connectivity index (χ0n) is 8.02. The molecule has 0 amide bonds. The van der Waals surface area contributed by atoms with Crippen LogP contribution >= 0.6 is 23.2 Å². The number of ketones is 1. The third kappa shape index (κ3) is 2.05. The fourth-order valence-corrected chi connectivity index (χ4v) is 1.54. The third-order valence-corrected chi connectivity index (χ3v) is 2.75. The number of aromatic nitrogens is 2. The van der Waals surface area contributed by atoms with Gasteiger partial charge in [0, 0.05) is 12.4 Å². The number of hydrogen-bond donors (Lipinski definition) is 0. The smallest absolute Gasteiger partial charge is 0.231 e. The predicted molar refractivity (Wildman–Crippen MR) is 61.9 cm³/mol. The lowest BCUT2D eigenvalue weighted by molar-refractivity contribution is 0.103. The molecule has 16 heavy (non-hydrogen) atoms. The second kappa shape index (κ2) is 4.60. The average Bonchev–Trinajstić information content (AvgIpc) is 2.33. The number of halogens is 2. The molecule has 0 aliphatic carbocycles. The number of carbonyl (C=O) groups excluding carboxylic acids is 1. The minimum absolute atomic E-state index is 0.118. The molecule has 0 unspecified atom stereocenters. The Hall–Kier alpha value is -1.45. The van der Waals surface area contributed by atoms with Crippen LogP contribution in [0.1, 0.15) is 16.2 Å². The van der Waals surface area contributed by atoms with Gasteiger partial charge in [0.05, 0.1) is 10.0 Å². The fraction of sp³-hybridized carbons (Fsp3) is 0. The molecule has 0 radical (unpaired) electrons. The number of carbonyl (C=O) groups is 1. The van der Waals surface area contributed by atoms with Crippen LogP contribution in [0.2, 0.25) is 10.0 Å². The van der Waals surface area contributed by atoms with Gasteiger partial charge in [-0.05, 0) is 18.2 Å². The Morgan fingerprint density at radius 2 is 1.88 bits per heavy atom. The van der Waals surface area contributed by atoms with Gasteiger partial charge in [-0.25, -0.2) is 0 Å². The van der Waals surface area contributed by atoms with Crippen molar-refractivity contribution in [3.05, 3.63) is 58.1 Å². The summed E-state index contributed by atoms with van der Waals surface area (Å²) in [4.78, 5) is 19.8. The van der Waals surface area contributed by atoms with E-state index in [0.717, 1.165) is 0 Å². The van der Waals surface area contributed by atoms with Gasteiger partial charge in [0.2, 0.25) is 5.78 Å². The second-order valence-corrected chi connectivity index (χ2v) is 3.78. The van der Waals surface area contributed by atoms with Crippen molar-refractivity contribution in [2.24, 2.45) is 0 Å². The van der Waals surface area contributed by atoms with Crippen LogP contribution in [0.5, 0.6) is 0 Å². The maximum Gasteiger partial charge on any atom is 0.231 e. The summed E-state index contributed by atoms with van der Waals surface area (Å²) in [6, 6.07) is 6.57. The summed E-state index contributed by atoms with van der Waals surface area (Å²) in [5, 5.41) is 0.454. The van der Waals surface area contributed by atoms with Crippen LogP contribution in [0, 0.1) is 0 Å². The molecule has 0 saturated heterocycles. The summed E-state index contributed by atoms with van der Waals surface area (Å²) in [5.41, 5.74) is 0.409. The average molecular weight is 253 g/mol. The molecule has 0 saturated carbocycles. The highest BCUT2D eigenvalue weighted by atomic mass is 35.5. The van der Waals surface area contributed by atoms with Crippen molar-refractivity contribution < 1.29 is 4.79 Å². The largest absolute Gasteiger partial charge is 0.285 e. The number of rotatable bonds is 2. The lowest BCUT2D eigenvalue weighted by Gasteiger charge is -2.02. The van der Waals surface area contributed by atoms with Crippen LogP contribution < -0.4 is 0 Å². The van der Waals surface area contributed by atoms with Gasteiger partial charge < -0.3 is 0 Å². The van der Waals surface area contributed by atoms with E-state index >= 15 is 0 Å². The molecule has 2 aromatic rings. The van der Waals surface area contributed by atoms with Crippen molar-refractivity contribution in [3.63, 3.8) is 0 Å². The third-order valence-electron chi connectivity index (χ3n) is 1.95. The minimum Gasteiger partial charge on any atom is -0.285 e. The van der Waals surface area contributed by atoms with Gasteiger partial charge in [-0.1, -0.05) is 29.3 Å². The normalized spacial score (nSPS) is 10.1. The molecule has 0 atom stereocenters. The van der Waals surface area contributed by atoms with Crippen LogP contribution in [0.25, 0.3) is 0 Å². The van der Waals surface area contributed by atoms with E-state index in [-0.39, 0.29) is 16.5 Å². The molecule has 2 rings (SSSR count). The van der Waals surface area contributed by atoms with Crippen molar-refractivity contribution in [1.29, 1.82) is 0 Å². The Morgan fingerprint density at radius 3 is 2.56 bits per heavy atom. The summed E-state index contributed by atoms with van der Waals surface area (Å²) in [6.45, 7) is 0. The number of hydrogen-bond acceptors (Lipinski definition) is 3. The molecule has 2 aromatic heterocycles. The quantitative estimate of drug-likeness (QED) is 0.772. The molecule has 0 aliphatic heterocycles. The Kier molecular flexibility index (Phi) is 3.17. The van der Waals surface area contributed by atoms with Crippen LogP contribution in [0.3, 0.4) is 0 Å². The Labute approximate surface area is 102 Å². The topological polar surface area (TPSA) is 42.9 Å². The highest BCUT2D eigenvalue weighted by Crippen LogP contribution is 2.25. The van der Waals surface area contributed by atoms with Gasteiger partial charge in [-0.2, -0.15) is 0 Å². The molecule has 5 heteroatoms. The van der Waals surface area contributed by atoms with Crippen molar-refractivity contribution in [1.82, 2.24) is 9.97 Å². The molecular formula is C11H6Cl2N2O. The monoisotopic (exact) mass is 252 g/mol. The van der Waals surface area contributed by atoms with Crippen LogP contribution in [0.4, 0.5) is 0 Å². The predicted octanol–water partition coefficient (Wildman–Crippen LogP) is 3.01. The number of nitrogens with zero attached hydrogens (tertiary/aromatic N) is 2. The molecular weight excluding hydrogens is 247 g/mol. The number of pyridine rings is 2. The Bertz CT molecular complexity index is 529. The van der Waals surface area contributed by atoms with Gasteiger partial charge in [-0.15, -0.1) is 0 Å². The van der Waals surface area contributed by atoms with E-state index in [0.29, 0.717) is 10.7 Å². The van der Waals surface area contributed by atoms with E-state index in [4.69, 9.17) is 23.2 Å². The molecule has 0 aromatic carbocycles. The van der Waals surface area contributed by atoms with Gasteiger partial charge in [0.25, 0.3) is 0 Å². The first-order valence-electron chi connectivity index (χ1n) is 4.46. The zero-order valence-corrected chi connectivity index (χ0v) is 9.53. The van der Waals surface area contributed by atoms with Crippen molar-refractivity contribution >= 4 is 29.0 Å². The Morgan fingerprint density at radius 1 is 1.06 bits per heavy atom. The minimum atomic E-state index is -0.340. The first-order chi connectivity index (χ1) is 7.70. The van der Waals surface area contributed by atoms with Gasteiger partial charge in [0.15, 0.2) is 0 Å². The fourth-order valence-electron chi connectivity index (χ4n) is 1.20. The lowest BCUT2D eigenvalue weighted by atomic mass is 10.2. The second-order valence-electron chi connectivity index (χ2n) is 3.00. The van der Waals surface area contributed by atoms with E-state index in [1.807, 2.05) is 0 Å². The molecule has 3 nitrogen and oxygen atoms in total. The summed E-state index contributed by atoms with van der Waals surface area (Å²) in [6.07, 6.45) is 2.97. The summed E-state index contributed by atoms with van der Waals surface area (Å²) in [5.74, 6) is -0.340. The molecule has 2 heterocycles. The van der Waals surface area contributed by atoms with E-state index in [2.05, 4.69) is 9.97 Å². The molecule has 0 N–H and O–H groups in total. The summed E-state index contributed by atoms with van der Waals surface area (Å²) >= 11 is 11.7. The van der Waals surface area contributed by atoms with Crippen molar-refractivity contribution in [2.45, 2.75) is 0 Å². The van der Waals surface area contributed by atoms with Crippen LogP contribution in [0.15, 0.2) is 36.7 Å². The maximum atomic E-state index is 12.0. The summed E-state index contributed by atoms with van der Waals surface area (Å²) in [7, 11) is 0. The van der Waals surface area contributed by atoms with Crippen LogP contribution in [-0.4, -0.2) is 15.8 Å². The highest BCUT2D eigenvalue weighted by molar-refractivity contribution is 6.44. The standard InChI is InChI=1S/C11H6Cl2N2O/c12-7-4-6-15-10(9(7)13)11(16)8-3-1-2-5-14-8/h1-6H. The van der Waals surface area contributed by atoms with Crippen molar-refractivity contribution in [2.75, 3.05) is 0 Å². The highest BCUT2D eigenvalue weighted by Gasteiger charge is 2.16. The lowest BCUT2D eigenvalue weighted by Crippen LogP contribution is -2.06. The van der Waals surface area contributed by atoms with Crippen LogP contribution in [-0.2, 0) is 0 Å². The maximum absolute atomic E-state index is 12.0. The van der Waals surface area contributed by atoms with E-state index in [1.54, 1.807) is 18.2 Å². The van der Waals surface area contributed by atoms with Gasteiger partial charge in [-0.3, -0.25) is 14.8 Å². The molecule has 0 bridgehead atoms. The first-order valence-corrected chi connectivity index (χ1v) is 5.21. The Balaban J connectivity index is 2.46. The first kappa shape index (κ1) is 11.0. The zero-order chi connectivity index (χ0) is 11.5. The van der Waals surface area contributed by atoms with Crippen molar-refractivity contribution in [3.8, 4) is 0 Å². The summed E-state index contributed by atoms with van der Waals surface area (Å²) < 4.78 is 0. The molecule has 0 spiro atoms. The van der Waals surface area contributed by atoms with Gasteiger partial charge in [0.1, 0.15) is 11.4 Å². The van der Waals surface area contributed by atoms with E-state index in [1.165, 1.54) is 18.5 Å². The SMILES string of the molecule is O=C(c1ccccn1)c1nccc(Cl)c1Cl. The van der Waals surface area contributed by atoms with E-state index in [9.17, 15) is 4.79 Å².